The van der Waals surface area contributed by atoms with E-state index in [1.54, 1.807) is 12.1 Å². The molecule has 5 nitrogen and oxygen atoms in total. The van der Waals surface area contributed by atoms with E-state index >= 15 is 0 Å². The average Bonchev–Trinajstić information content (AvgIpc) is 2.52. The summed E-state index contributed by atoms with van der Waals surface area (Å²) in [5, 5.41) is 11.4. The van der Waals surface area contributed by atoms with E-state index in [1.807, 2.05) is 38.4 Å². The van der Waals surface area contributed by atoms with E-state index in [-0.39, 0.29) is 24.2 Å². The maximum atomic E-state index is 10.7. The van der Waals surface area contributed by atoms with Crippen LogP contribution in [-0.2, 0) is 0 Å². The quantitative estimate of drug-likeness (QED) is 0.521. The third kappa shape index (κ3) is 6.00. The molecule has 0 bridgehead atoms. The van der Waals surface area contributed by atoms with Gasteiger partial charge in [-0.15, -0.1) is 12.4 Å². The van der Waals surface area contributed by atoms with Crippen LogP contribution < -0.4 is 4.74 Å². The molecule has 0 saturated carbocycles. The van der Waals surface area contributed by atoms with Crippen molar-refractivity contribution in [2.24, 2.45) is 0 Å². The topological polar surface area (TPSA) is 55.6 Å². The fourth-order valence-electron chi connectivity index (χ4n) is 2.16. The SMILES string of the molecule is CN(C)CCC(Oc1ccc([N+](=O)[O-])cc1)c1ccc(Cl)cc1.Cl. The minimum absolute atomic E-state index is 0. The molecule has 2 rings (SSSR count). The van der Waals surface area contributed by atoms with E-state index in [1.165, 1.54) is 12.1 Å². The zero-order chi connectivity index (χ0) is 16.8. The Kier molecular flexibility index (Phi) is 7.98. The van der Waals surface area contributed by atoms with Crippen molar-refractivity contribution in [3.8, 4) is 5.75 Å². The first kappa shape index (κ1) is 20.2. The maximum absolute atomic E-state index is 10.7. The molecule has 0 heterocycles. The number of rotatable bonds is 7. The first-order valence-electron chi connectivity index (χ1n) is 7.27. The van der Waals surface area contributed by atoms with Gasteiger partial charge in [0.15, 0.2) is 0 Å². The normalized spacial score (nSPS) is 11.7. The highest BCUT2D eigenvalue weighted by molar-refractivity contribution is 6.30. The van der Waals surface area contributed by atoms with Crippen LogP contribution in [0.15, 0.2) is 48.5 Å². The van der Waals surface area contributed by atoms with Crippen LogP contribution in [0.4, 0.5) is 5.69 Å². The van der Waals surface area contributed by atoms with Gasteiger partial charge in [-0.05, 0) is 43.9 Å². The second-order valence-electron chi connectivity index (χ2n) is 5.50. The molecule has 0 spiro atoms. The Morgan fingerprint density at radius 1 is 1.12 bits per heavy atom. The zero-order valence-corrected chi connectivity index (χ0v) is 15.1. The van der Waals surface area contributed by atoms with Crippen molar-refractivity contribution in [1.82, 2.24) is 4.90 Å². The summed E-state index contributed by atoms with van der Waals surface area (Å²) in [6, 6.07) is 13.7. The molecule has 0 aliphatic rings. The molecule has 0 saturated heterocycles. The second-order valence-corrected chi connectivity index (χ2v) is 5.94. The van der Waals surface area contributed by atoms with Gasteiger partial charge >= 0.3 is 0 Å². The van der Waals surface area contributed by atoms with Crippen molar-refractivity contribution in [2.75, 3.05) is 20.6 Å². The van der Waals surface area contributed by atoms with Crippen LogP contribution in [0.5, 0.6) is 5.75 Å². The van der Waals surface area contributed by atoms with Crippen molar-refractivity contribution >= 4 is 29.7 Å². The standard InChI is InChI=1S/C17H19ClN2O3.ClH/c1-19(2)12-11-17(13-3-5-14(18)6-4-13)23-16-9-7-15(8-10-16)20(21)22;/h3-10,17H,11-12H2,1-2H3;1H. The number of benzene rings is 2. The van der Waals surface area contributed by atoms with E-state index in [2.05, 4.69) is 4.90 Å². The fourth-order valence-corrected chi connectivity index (χ4v) is 2.28. The van der Waals surface area contributed by atoms with Crippen LogP contribution in [0.3, 0.4) is 0 Å². The number of halogens is 2. The molecule has 0 aliphatic carbocycles. The van der Waals surface area contributed by atoms with E-state index in [9.17, 15) is 10.1 Å². The fraction of sp³-hybridized carbons (Fsp3) is 0.294. The minimum atomic E-state index is -0.424. The van der Waals surface area contributed by atoms with E-state index in [0.29, 0.717) is 10.8 Å². The van der Waals surface area contributed by atoms with Crippen molar-refractivity contribution in [2.45, 2.75) is 12.5 Å². The maximum Gasteiger partial charge on any atom is 0.269 e. The summed E-state index contributed by atoms with van der Waals surface area (Å²) < 4.78 is 6.03. The van der Waals surface area contributed by atoms with Crippen molar-refractivity contribution in [1.29, 1.82) is 0 Å². The van der Waals surface area contributed by atoms with E-state index < -0.39 is 4.92 Å². The second kappa shape index (κ2) is 9.47. The van der Waals surface area contributed by atoms with Crippen LogP contribution in [0.25, 0.3) is 0 Å². The smallest absolute Gasteiger partial charge is 0.269 e. The molecule has 0 amide bonds. The van der Waals surface area contributed by atoms with Crippen LogP contribution in [-0.4, -0.2) is 30.5 Å². The largest absolute Gasteiger partial charge is 0.486 e. The summed E-state index contributed by atoms with van der Waals surface area (Å²) in [5.41, 5.74) is 1.07. The summed E-state index contributed by atoms with van der Waals surface area (Å²) in [6.07, 6.45) is 0.655. The highest BCUT2D eigenvalue weighted by Crippen LogP contribution is 2.27. The number of non-ortho nitro benzene ring substituents is 1. The third-order valence-corrected chi connectivity index (χ3v) is 3.66. The summed E-state index contributed by atoms with van der Waals surface area (Å²) in [4.78, 5) is 12.4. The number of nitro groups is 1. The summed E-state index contributed by atoms with van der Waals surface area (Å²) in [6.45, 7) is 0.861. The van der Waals surface area contributed by atoms with Crippen molar-refractivity contribution in [3.63, 3.8) is 0 Å². The lowest BCUT2D eigenvalue weighted by Gasteiger charge is -2.21. The summed E-state index contributed by atoms with van der Waals surface area (Å²) in [7, 11) is 4.01. The summed E-state index contributed by atoms with van der Waals surface area (Å²) >= 11 is 5.94. The van der Waals surface area contributed by atoms with Gasteiger partial charge in [-0.2, -0.15) is 0 Å². The molecule has 0 radical (unpaired) electrons. The molecule has 0 aliphatic heterocycles. The van der Waals surface area contributed by atoms with Crippen molar-refractivity contribution in [3.05, 3.63) is 69.2 Å². The van der Waals surface area contributed by atoms with Crippen molar-refractivity contribution < 1.29 is 9.66 Å². The Balaban J connectivity index is 0.00000288. The zero-order valence-electron chi connectivity index (χ0n) is 13.5. The number of nitrogens with zero attached hydrogens (tertiary/aromatic N) is 2. The monoisotopic (exact) mass is 370 g/mol. The van der Waals surface area contributed by atoms with E-state index in [0.717, 1.165) is 18.5 Å². The predicted octanol–water partition coefficient (Wildman–Crippen LogP) is 4.74. The van der Waals surface area contributed by atoms with Gasteiger partial charge in [0.2, 0.25) is 0 Å². The molecule has 0 N–H and O–H groups in total. The number of nitro benzene ring substituents is 1. The molecular weight excluding hydrogens is 351 g/mol. The Bertz CT molecular complexity index is 646. The lowest BCUT2D eigenvalue weighted by Crippen LogP contribution is -2.18. The molecule has 130 valence electrons. The summed E-state index contributed by atoms with van der Waals surface area (Å²) in [5.74, 6) is 0.606. The van der Waals surface area contributed by atoms with Gasteiger partial charge < -0.3 is 9.64 Å². The Morgan fingerprint density at radius 2 is 1.71 bits per heavy atom. The molecule has 0 aromatic heterocycles. The molecule has 7 heteroatoms. The molecule has 1 unspecified atom stereocenters. The lowest BCUT2D eigenvalue weighted by molar-refractivity contribution is -0.384. The van der Waals surface area contributed by atoms with Gasteiger partial charge in [0, 0.05) is 30.1 Å². The average molecular weight is 371 g/mol. The molecule has 24 heavy (non-hydrogen) atoms. The van der Waals surface area contributed by atoms with Crippen LogP contribution in [0.1, 0.15) is 18.1 Å². The molecule has 0 fully saturated rings. The lowest BCUT2D eigenvalue weighted by atomic mass is 10.1. The number of hydrogen-bond donors (Lipinski definition) is 0. The van der Waals surface area contributed by atoms with Gasteiger partial charge in [0.1, 0.15) is 11.9 Å². The van der Waals surface area contributed by atoms with Gasteiger partial charge in [-0.25, -0.2) is 0 Å². The van der Waals surface area contributed by atoms with Crippen LogP contribution >= 0.6 is 24.0 Å². The Labute approximate surface area is 152 Å². The minimum Gasteiger partial charge on any atom is -0.486 e. The van der Waals surface area contributed by atoms with Crippen LogP contribution in [0.2, 0.25) is 5.02 Å². The van der Waals surface area contributed by atoms with Gasteiger partial charge in [0.25, 0.3) is 5.69 Å². The highest BCUT2D eigenvalue weighted by Gasteiger charge is 2.15. The Hall–Kier alpha value is -1.82. The van der Waals surface area contributed by atoms with Gasteiger partial charge in [0.05, 0.1) is 4.92 Å². The molecule has 2 aromatic rings. The van der Waals surface area contributed by atoms with Gasteiger partial charge in [-0.1, -0.05) is 23.7 Å². The first-order valence-corrected chi connectivity index (χ1v) is 7.65. The molecular formula is C17H20Cl2N2O3. The molecule has 1 atom stereocenters. The number of hydrogen-bond acceptors (Lipinski definition) is 4. The highest BCUT2D eigenvalue weighted by atomic mass is 35.5. The molecule has 2 aromatic carbocycles. The van der Waals surface area contributed by atoms with E-state index in [4.69, 9.17) is 16.3 Å². The van der Waals surface area contributed by atoms with Gasteiger partial charge in [-0.3, -0.25) is 10.1 Å². The predicted molar refractivity (Wildman–Crippen MR) is 98.3 cm³/mol. The number of ether oxygens (including phenoxy) is 1. The first-order chi connectivity index (χ1) is 11.0. The third-order valence-electron chi connectivity index (χ3n) is 3.41. The van der Waals surface area contributed by atoms with Crippen LogP contribution in [0, 0.1) is 10.1 Å². The Morgan fingerprint density at radius 3 is 2.21 bits per heavy atom.